The molecule has 1 N–H and O–H groups in total. The Kier molecular flexibility index (Phi) is 4.31. The van der Waals surface area contributed by atoms with Gasteiger partial charge in [-0.3, -0.25) is 9.20 Å². The van der Waals surface area contributed by atoms with Crippen LogP contribution in [0.15, 0.2) is 54.1 Å². The van der Waals surface area contributed by atoms with Crippen molar-refractivity contribution in [3.05, 3.63) is 53.9 Å². The Morgan fingerprint density at radius 3 is 2.91 bits per heavy atom. The third-order valence-corrected chi connectivity index (χ3v) is 4.34. The Morgan fingerprint density at radius 2 is 2.14 bits per heavy atom. The van der Waals surface area contributed by atoms with E-state index in [-0.39, 0.29) is 11.2 Å². The summed E-state index contributed by atoms with van der Waals surface area (Å²) in [7, 11) is 0. The van der Waals surface area contributed by atoms with Crippen molar-refractivity contribution in [2.24, 2.45) is 0 Å². The molecule has 3 heterocycles. The van der Waals surface area contributed by atoms with E-state index in [0.29, 0.717) is 10.8 Å². The fraction of sp³-hybridized carbons (Fsp3) is 0.133. The fourth-order valence-electron chi connectivity index (χ4n) is 1.90. The maximum atomic E-state index is 12.2. The third kappa shape index (κ3) is 3.23. The Balaban J connectivity index is 1.69. The molecule has 0 radical (unpaired) electrons. The molecule has 0 fully saturated rings. The van der Waals surface area contributed by atoms with Gasteiger partial charge in [0.25, 0.3) is 0 Å². The number of halogens is 1. The lowest BCUT2D eigenvalue weighted by atomic mass is 10.4. The quantitative estimate of drug-likeness (QED) is 0.743. The molecular formula is C15H13ClN4OS. The van der Waals surface area contributed by atoms with E-state index in [0.717, 1.165) is 10.7 Å². The van der Waals surface area contributed by atoms with Gasteiger partial charge in [-0.2, -0.15) is 0 Å². The molecule has 0 unspecified atom stereocenters. The molecule has 0 aliphatic rings. The number of anilines is 1. The van der Waals surface area contributed by atoms with Gasteiger partial charge in [0.05, 0.1) is 22.0 Å². The SMILES string of the molecule is C[C@H](Sc1ncc2ccccn12)C(=O)Nc1ccc(Cl)cn1. The Morgan fingerprint density at radius 1 is 1.27 bits per heavy atom. The average molecular weight is 333 g/mol. The highest BCUT2D eigenvalue weighted by Gasteiger charge is 2.17. The van der Waals surface area contributed by atoms with Crippen LogP contribution in [0.2, 0.25) is 5.02 Å². The maximum absolute atomic E-state index is 12.2. The molecule has 0 aliphatic heterocycles. The van der Waals surface area contributed by atoms with Crippen LogP contribution in [0.25, 0.3) is 5.52 Å². The lowest BCUT2D eigenvalue weighted by molar-refractivity contribution is -0.115. The second kappa shape index (κ2) is 6.37. The summed E-state index contributed by atoms with van der Waals surface area (Å²) in [6, 6.07) is 9.21. The normalized spacial score (nSPS) is 12.3. The smallest absolute Gasteiger partial charge is 0.238 e. The van der Waals surface area contributed by atoms with Gasteiger partial charge in [-0.1, -0.05) is 29.4 Å². The van der Waals surface area contributed by atoms with E-state index in [1.165, 1.54) is 18.0 Å². The van der Waals surface area contributed by atoms with Gasteiger partial charge in [0, 0.05) is 12.4 Å². The van der Waals surface area contributed by atoms with Gasteiger partial charge in [-0.05, 0) is 31.2 Å². The number of fused-ring (bicyclic) bond motifs is 1. The monoisotopic (exact) mass is 332 g/mol. The molecule has 112 valence electrons. The Labute approximate surface area is 136 Å². The number of amides is 1. The van der Waals surface area contributed by atoms with Crippen LogP contribution in [0.5, 0.6) is 0 Å². The van der Waals surface area contributed by atoms with E-state index in [2.05, 4.69) is 15.3 Å². The minimum atomic E-state index is -0.303. The predicted octanol–water partition coefficient (Wildman–Crippen LogP) is 3.50. The number of hydrogen-bond donors (Lipinski definition) is 1. The summed E-state index contributed by atoms with van der Waals surface area (Å²) < 4.78 is 1.95. The third-order valence-electron chi connectivity index (χ3n) is 3.03. The molecule has 3 rings (SSSR count). The Hall–Kier alpha value is -2.05. The van der Waals surface area contributed by atoms with E-state index in [4.69, 9.17) is 11.6 Å². The number of rotatable bonds is 4. The van der Waals surface area contributed by atoms with E-state index < -0.39 is 0 Å². The standard InChI is InChI=1S/C15H13ClN4OS/c1-10(14(21)19-13-6-5-11(16)8-17-13)22-15-18-9-12-4-2-3-7-20(12)15/h2-10H,1H3,(H,17,19,21)/t10-/m0/s1. The van der Waals surface area contributed by atoms with E-state index in [1.807, 2.05) is 35.7 Å². The molecule has 0 aliphatic carbocycles. The van der Waals surface area contributed by atoms with E-state index in [9.17, 15) is 4.79 Å². The molecule has 3 aromatic heterocycles. The highest BCUT2D eigenvalue weighted by molar-refractivity contribution is 8.00. The van der Waals surface area contributed by atoms with Gasteiger partial charge < -0.3 is 5.32 Å². The van der Waals surface area contributed by atoms with Crippen LogP contribution >= 0.6 is 23.4 Å². The number of hydrogen-bond acceptors (Lipinski definition) is 4. The molecule has 5 nitrogen and oxygen atoms in total. The zero-order chi connectivity index (χ0) is 15.5. The summed E-state index contributed by atoms with van der Waals surface area (Å²) in [5.74, 6) is 0.349. The number of thioether (sulfide) groups is 1. The van der Waals surface area contributed by atoms with Crippen LogP contribution in [0, 0.1) is 0 Å². The van der Waals surface area contributed by atoms with Crippen molar-refractivity contribution in [3.63, 3.8) is 0 Å². The van der Waals surface area contributed by atoms with E-state index >= 15 is 0 Å². The highest BCUT2D eigenvalue weighted by atomic mass is 35.5. The first-order valence-electron chi connectivity index (χ1n) is 6.64. The zero-order valence-corrected chi connectivity index (χ0v) is 13.3. The minimum absolute atomic E-state index is 0.132. The number of nitrogens with zero attached hydrogens (tertiary/aromatic N) is 3. The molecule has 0 aromatic carbocycles. The summed E-state index contributed by atoms with van der Waals surface area (Å²) in [5.41, 5.74) is 0.997. The van der Waals surface area contributed by atoms with Gasteiger partial charge in [-0.15, -0.1) is 0 Å². The fourth-order valence-corrected chi connectivity index (χ4v) is 2.88. The minimum Gasteiger partial charge on any atom is -0.310 e. The van der Waals surface area contributed by atoms with E-state index in [1.54, 1.807) is 18.3 Å². The number of pyridine rings is 2. The lowest BCUT2D eigenvalue weighted by Crippen LogP contribution is -2.23. The zero-order valence-electron chi connectivity index (χ0n) is 11.7. The van der Waals surface area contributed by atoms with Crippen molar-refractivity contribution in [2.75, 3.05) is 5.32 Å². The van der Waals surface area contributed by atoms with Crippen molar-refractivity contribution in [2.45, 2.75) is 17.3 Å². The van der Waals surface area contributed by atoms with Crippen molar-refractivity contribution in [3.8, 4) is 0 Å². The maximum Gasteiger partial charge on any atom is 0.238 e. The molecule has 1 amide bonds. The first-order valence-corrected chi connectivity index (χ1v) is 7.90. The molecule has 0 saturated heterocycles. The molecular weight excluding hydrogens is 320 g/mol. The second-order valence-electron chi connectivity index (χ2n) is 4.65. The highest BCUT2D eigenvalue weighted by Crippen LogP contribution is 2.24. The average Bonchev–Trinajstić information content (AvgIpc) is 2.93. The van der Waals surface area contributed by atoms with Crippen LogP contribution in [-0.2, 0) is 4.79 Å². The van der Waals surface area contributed by atoms with Crippen LogP contribution < -0.4 is 5.32 Å². The summed E-state index contributed by atoms with van der Waals surface area (Å²) in [5, 5.41) is 3.77. The number of carbonyl (C=O) groups excluding carboxylic acids is 1. The van der Waals surface area contributed by atoms with Crippen LogP contribution in [0.4, 0.5) is 5.82 Å². The summed E-state index contributed by atoms with van der Waals surface area (Å²) >= 11 is 7.17. The number of carbonyl (C=O) groups is 1. The molecule has 7 heteroatoms. The number of nitrogens with one attached hydrogen (secondary N) is 1. The van der Waals surface area contributed by atoms with Crippen LogP contribution in [0.3, 0.4) is 0 Å². The summed E-state index contributed by atoms with van der Waals surface area (Å²) in [4.78, 5) is 20.6. The lowest BCUT2D eigenvalue weighted by Gasteiger charge is -2.10. The molecule has 3 aromatic rings. The van der Waals surface area contributed by atoms with Gasteiger partial charge in [-0.25, -0.2) is 9.97 Å². The Bertz CT molecular complexity index is 803. The van der Waals surface area contributed by atoms with Crippen molar-refractivity contribution in [1.29, 1.82) is 0 Å². The van der Waals surface area contributed by atoms with Gasteiger partial charge >= 0.3 is 0 Å². The largest absolute Gasteiger partial charge is 0.310 e. The van der Waals surface area contributed by atoms with Gasteiger partial charge in [0.2, 0.25) is 5.91 Å². The summed E-state index contributed by atoms with van der Waals surface area (Å²) in [6.07, 6.45) is 5.21. The number of imidazole rings is 1. The van der Waals surface area contributed by atoms with Crippen LogP contribution in [0.1, 0.15) is 6.92 Å². The molecule has 0 spiro atoms. The second-order valence-corrected chi connectivity index (χ2v) is 6.39. The summed E-state index contributed by atoms with van der Waals surface area (Å²) in [6.45, 7) is 1.83. The first-order chi connectivity index (χ1) is 10.6. The molecule has 22 heavy (non-hydrogen) atoms. The predicted molar refractivity (Wildman–Crippen MR) is 88.4 cm³/mol. The molecule has 0 saturated carbocycles. The number of aromatic nitrogens is 3. The van der Waals surface area contributed by atoms with Crippen molar-refractivity contribution >= 4 is 40.6 Å². The van der Waals surface area contributed by atoms with Crippen LogP contribution in [-0.4, -0.2) is 25.5 Å². The molecule has 0 bridgehead atoms. The van der Waals surface area contributed by atoms with Crippen molar-refractivity contribution in [1.82, 2.24) is 14.4 Å². The molecule has 1 atom stereocenters. The van der Waals surface area contributed by atoms with Gasteiger partial charge in [0.1, 0.15) is 5.82 Å². The topological polar surface area (TPSA) is 59.3 Å². The van der Waals surface area contributed by atoms with Crippen molar-refractivity contribution < 1.29 is 4.79 Å². The van der Waals surface area contributed by atoms with Gasteiger partial charge in [0.15, 0.2) is 5.16 Å². The first kappa shape index (κ1) is 14.9.